The molecular weight excluding hydrogens is 334 g/mol. The van der Waals surface area contributed by atoms with Gasteiger partial charge in [0.1, 0.15) is 17.0 Å². The van der Waals surface area contributed by atoms with Gasteiger partial charge < -0.3 is 4.74 Å². The minimum Gasteiger partial charge on any atom is -0.490 e. The molecule has 1 aromatic carbocycles. The Morgan fingerprint density at radius 3 is 2.83 bits per heavy atom. The van der Waals surface area contributed by atoms with Gasteiger partial charge in [0.15, 0.2) is 0 Å². The highest BCUT2D eigenvalue weighted by atomic mass is 79.9. The average Bonchev–Trinajstić information content (AvgIpc) is 2.31. The van der Waals surface area contributed by atoms with E-state index in [9.17, 15) is 0 Å². The van der Waals surface area contributed by atoms with Gasteiger partial charge in [0.05, 0.1) is 0 Å². The van der Waals surface area contributed by atoms with Crippen molar-refractivity contribution >= 4 is 50.9 Å². The minimum absolute atomic E-state index is 0.271. The molecule has 2 aromatic rings. The first kappa shape index (κ1) is 12.6. The fourth-order valence-corrected chi connectivity index (χ4v) is 3.16. The number of halogens is 2. The van der Waals surface area contributed by atoms with Crippen LogP contribution >= 0.6 is 40.2 Å². The number of ether oxygens (including phenoxy) is 1. The second-order valence-electron chi connectivity index (χ2n) is 4.46. The zero-order valence-electron chi connectivity index (χ0n) is 9.44. The van der Waals surface area contributed by atoms with E-state index in [1.54, 1.807) is 6.20 Å². The second kappa shape index (κ2) is 4.91. The van der Waals surface area contributed by atoms with Gasteiger partial charge in [-0.15, -0.1) is 0 Å². The van der Waals surface area contributed by atoms with E-state index < -0.39 is 0 Å². The monoisotopic (exact) mass is 343 g/mol. The minimum atomic E-state index is 0.271. The molecular formula is C13H11BrClNOS. The Balaban J connectivity index is 1.99. The predicted molar refractivity (Wildman–Crippen MR) is 80.9 cm³/mol. The van der Waals surface area contributed by atoms with Crippen LogP contribution in [0.4, 0.5) is 0 Å². The third-order valence-electron chi connectivity index (χ3n) is 3.14. The van der Waals surface area contributed by atoms with E-state index in [1.165, 1.54) is 0 Å². The zero-order chi connectivity index (χ0) is 12.7. The molecule has 5 heteroatoms. The average molecular weight is 345 g/mol. The third-order valence-corrected chi connectivity index (χ3v) is 4.46. The van der Waals surface area contributed by atoms with Gasteiger partial charge >= 0.3 is 0 Å². The van der Waals surface area contributed by atoms with Crippen LogP contribution in [0.25, 0.3) is 10.8 Å². The quantitative estimate of drug-likeness (QED) is 0.640. The maximum absolute atomic E-state index is 5.98. The first-order valence-electron chi connectivity index (χ1n) is 5.72. The van der Waals surface area contributed by atoms with Crippen LogP contribution in [-0.2, 0) is 0 Å². The molecule has 1 heterocycles. The Hall–Kier alpha value is -0.450. The van der Waals surface area contributed by atoms with Crippen molar-refractivity contribution in [1.29, 1.82) is 0 Å². The molecule has 18 heavy (non-hydrogen) atoms. The molecule has 1 fully saturated rings. The predicted octanol–water partition coefficient (Wildman–Crippen LogP) is 4.49. The summed E-state index contributed by atoms with van der Waals surface area (Å²) in [4.78, 5) is 4.12. The van der Waals surface area contributed by atoms with Gasteiger partial charge in [-0.3, -0.25) is 0 Å². The number of hydrogen-bond donors (Lipinski definition) is 1. The van der Waals surface area contributed by atoms with E-state index in [0.29, 0.717) is 10.4 Å². The smallest absolute Gasteiger partial charge is 0.129 e. The maximum Gasteiger partial charge on any atom is 0.129 e. The summed E-state index contributed by atoms with van der Waals surface area (Å²) in [6.45, 7) is 0. The van der Waals surface area contributed by atoms with E-state index in [2.05, 4.69) is 33.5 Å². The van der Waals surface area contributed by atoms with Crippen molar-refractivity contribution in [3.05, 3.63) is 34.0 Å². The number of nitrogens with zero attached hydrogens (tertiary/aromatic N) is 1. The fourth-order valence-electron chi connectivity index (χ4n) is 2.07. The van der Waals surface area contributed by atoms with Crippen LogP contribution < -0.4 is 4.74 Å². The van der Waals surface area contributed by atoms with Crippen LogP contribution in [0, 0.1) is 0 Å². The number of rotatable bonds is 2. The van der Waals surface area contributed by atoms with Gasteiger partial charge in [-0.2, -0.15) is 12.6 Å². The van der Waals surface area contributed by atoms with Gasteiger partial charge in [-0.25, -0.2) is 4.98 Å². The van der Waals surface area contributed by atoms with E-state index in [4.69, 9.17) is 16.3 Å². The van der Waals surface area contributed by atoms with Crippen molar-refractivity contribution < 1.29 is 4.74 Å². The van der Waals surface area contributed by atoms with E-state index in [-0.39, 0.29) is 6.10 Å². The molecule has 1 aromatic heterocycles. The van der Waals surface area contributed by atoms with Crippen molar-refractivity contribution in [3.63, 3.8) is 0 Å². The lowest BCUT2D eigenvalue weighted by atomic mass is 9.95. The van der Waals surface area contributed by atoms with Crippen LogP contribution in [0.3, 0.4) is 0 Å². The Bertz CT molecular complexity index is 601. The molecule has 0 saturated heterocycles. The van der Waals surface area contributed by atoms with Crippen molar-refractivity contribution in [2.24, 2.45) is 0 Å². The zero-order valence-corrected chi connectivity index (χ0v) is 12.7. The Labute approximate surface area is 124 Å². The standard InChI is InChI=1S/C13H11BrClNOS/c14-11-1-2-12(17-7-3-8(18)4-7)10-6-16-13(15)5-9(10)11/h1-2,5-8,18H,3-4H2/t7-,8+. The number of hydrogen-bond acceptors (Lipinski definition) is 3. The van der Waals surface area contributed by atoms with Gasteiger partial charge in [-0.1, -0.05) is 27.5 Å². The van der Waals surface area contributed by atoms with Crippen LogP contribution in [0.15, 0.2) is 28.9 Å². The number of aromatic nitrogens is 1. The second-order valence-corrected chi connectivity index (χ2v) is 6.44. The highest BCUT2D eigenvalue weighted by Gasteiger charge is 2.28. The summed E-state index contributed by atoms with van der Waals surface area (Å²) in [6, 6.07) is 5.79. The van der Waals surface area contributed by atoms with Gasteiger partial charge in [0.2, 0.25) is 0 Å². The largest absolute Gasteiger partial charge is 0.490 e. The molecule has 2 nitrogen and oxygen atoms in total. The summed E-state index contributed by atoms with van der Waals surface area (Å²) in [5.41, 5.74) is 0. The highest BCUT2D eigenvalue weighted by Crippen LogP contribution is 2.36. The summed E-state index contributed by atoms with van der Waals surface area (Å²) < 4.78 is 6.97. The van der Waals surface area contributed by atoms with Crippen LogP contribution in [0.1, 0.15) is 12.8 Å². The lowest BCUT2D eigenvalue weighted by molar-refractivity contribution is 0.129. The van der Waals surface area contributed by atoms with E-state index >= 15 is 0 Å². The number of fused-ring (bicyclic) bond motifs is 1. The van der Waals surface area contributed by atoms with E-state index in [1.807, 2.05) is 18.2 Å². The molecule has 1 saturated carbocycles. The molecule has 0 atom stereocenters. The fraction of sp³-hybridized carbons (Fsp3) is 0.308. The molecule has 1 aliphatic rings. The maximum atomic E-state index is 5.98. The normalized spacial score (nSPS) is 22.8. The summed E-state index contributed by atoms with van der Waals surface area (Å²) in [5.74, 6) is 0.864. The molecule has 94 valence electrons. The Morgan fingerprint density at radius 1 is 1.33 bits per heavy atom. The van der Waals surface area contributed by atoms with Crippen LogP contribution in [0.2, 0.25) is 5.15 Å². The van der Waals surface area contributed by atoms with Crippen LogP contribution in [-0.4, -0.2) is 16.3 Å². The first-order chi connectivity index (χ1) is 8.63. The summed E-state index contributed by atoms with van der Waals surface area (Å²) in [6.07, 6.45) is 4.03. The van der Waals surface area contributed by atoms with Crippen molar-refractivity contribution in [3.8, 4) is 5.75 Å². The molecule has 0 aliphatic heterocycles. The molecule has 0 spiro atoms. The van der Waals surface area contributed by atoms with Gasteiger partial charge in [0.25, 0.3) is 0 Å². The number of benzene rings is 1. The van der Waals surface area contributed by atoms with Gasteiger partial charge in [0, 0.05) is 26.7 Å². The number of thiol groups is 1. The van der Waals surface area contributed by atoms with Crippen molar-refractivity contribution in [2.75, 3.05) is 0 Å². The van der Waals surface area contributed by atoms with E-state index in [0.717, 1.165) is 33.8 Å². The van der Waals surface area contributed by atoms with Gasteiger partial charge in [-0.05, 0) is 31.0 Å². The molecule has 0 radical (unpaired) electrons. The highest BCUT2D eigenvalue weighted by molar-refractivity contribution is 9.10. The van der Waals surface area contributed by atoms with Crippen LogP contribution in [0.5, 0.6) is 5.75 Å². The Morgan fingerprint density at radius 2 is 2.11 bits per heavy atom. The molecule has 3 rings (SSSR count). The first-order valence-corrected chi connectivity index (χ1v) is 7.40. The molecule has 0 unspecified atom stereocenters. The molecule has 0 amide bonds. The SMILES string of the molecule is S[C@H]1C[C@@H](Oc2ccc(Br)c3cc(Cl)ncc23)C1. The summed E-state index contributed by atoms with van der Waals surface area (Å²) in [5, 5.41) is 2.97. The molecule has 0 bridgehead atoms. The molecule has 1 aliphatic carbocycles. The lowest BCUT2D eigenvalue weighted by Crippen LogP contribution is -2.34. The van der Waals surface area contributed by atoms with Crippen molar-refractivity contribution in [1.82, 2.24) is 4.98 Å². The lowest BCUT2D eigenvalue weighted by Gasteiger charge is -2.32. The third kappa shape index (κ3) is 2.33. The summed E-state index contributed by atoms with van der Waals surface area (Å²) in [7, 11) is 0. The topological polar surface area (TPSA) is 22.1 Å². The van der Waals surface area contributed by atoms with Crippen molar-refractivity contribution in [2.45, 2.75) is 24.2 Å². The molecule has 0 N–H and O–H groups in total. The Kier molecular flexibility index (Phi) is 3.43. The number of pyridine rings is 1. The summed E-state index contributed by atoms with van der Waals surface area (Å²) >= 11 is 13.8.